The van der Waals surface area contributed by atoms with Gasteiger partial charge in [0, 0.05) is 28.8 Å². The summed E-state index contributed by atoms with van der Waals surface area (Å²) in [6.07, 6.45) is -6.39. The third kappa shape index (κ3) is 11.8. The Hall–Kier alpha value is -3.71. The highest BCUT2D eigenvalue weighted by atomic mass is 35.5. The number of halogens is 5. The number of nitrogens with one attached hydrogen (secondary N) is 1. The van der Waals surface area contributed by atoms with Gasteiger partial charge in [0.2, 0.25) is 0 Å². The molecule has 0 aromatic heterocycles. The molecule has 0 radical (unpaired) electrons. The van der Waals surface area contributed by atoms with E-state index in [9.17, 15) is 27.9 Å². The zero-order chi connectivity index (χ0) is 32.3. The van der Waals surface area contributed by atoms with Gasteiger partial charge in [-0.3, -0.25) is 4.90 Å². The Kier molecular flexibility index (Phi) is 13.0. The van der Waals surface area contributed by atoms with Crippen LogP contribution in [0.4, 0.5) is 23.7 Å². The standard InChI is InChI=1S/C30H31Cl2F3N2O7/c1-3-41-27(28(38)39)16-20-4-8-25(9-5-20)42-13-12-37(19(2)43-18-21-14-22(31)17-23(32)15-21)29(40)36-24-6-10-26(11-7-24)44-30(33,34)35/h4-11,14-15,17,19,27H,3,12-13,16,18H2,1-2H3,(H,36,40)(H,38,39). The first-order valence-corrected chi connectivity index (χ1v) is 14.1. The number of nitrogens with zero attached hydrogens (tertiary/aromatic N) is 1. The minimum atomic E-state index is -4.84. The van der Waals surface area contributed by atoms with Gasteiger partial charge in [-0.15, -0.1) is 13.2 Å². The van der Waals surface area contributed by atoms with Gasteiger partial charge in [-0.25, -0.2) is 9.59 Å². The van der Waals surface area contributed by atoms with E-state index in [1.165, 1.54) is 17.0 Å². The molecule has 0 aliphatic carbocycles. The summed E-state index contributed by atoms with van der Waals surface area (Å²) in [5.74, 6) is -0.995. The molecule has 2 amide bonds. The number of alkyl halides is 3. The minimum absolute atomic E-state index is 0.0541. The molecule has 0 bridgehead atoms. The average molecular weight is 659 g/mol. The number of hydrogen-bond donors (Lipinski definition) is 2. The summed E-state index contributed by atoms with van der Waals surface area (Å²) >= 11 is 12.1. The maximum Gasteiger partial charge on any atom is 0.573 e. The van der Waals surface area contributed by atoms with Crippen LogP contribution in [-0.4, -0.2) is 60.5 Å². The van der Waals surface area contributed by atoms with Crippen molar-refractivity contribution in [1.82, 2.24) is 4.90 Å². The van der Waals surface area contributed by atoms with Gasteiger partial charge in [0.1, 0.15) is 24.3 Å². The van der Waals surface area contributed by atoms with Gasteiger partial charge < -0.3 is 29.4 Å². The molecule has 238 valence electrons. The van der Waals surface area contributed by atoms with Crippen molar-refractivity contribution in [2.75, 3.05) is 25.1 Å². The van der Waals surface area contributed by atoms with Gasteiger partial charge >= 0.3 is 18.4 Å². The summed E-state index contributed by atoms with van der Waals surface area (Å²) in [5.41, 5.74) is 1.65. The van der Waals surface area contributed by atoms with E-state index in [4.69, 9.17) is 37.4 Å². The molecular formula is C30H31Cl2F3N2O7. The van der Waals surface area contributed by atoms with E-state index in [0.717, 1.165) is 17.7 Å². The van der Waals surface area contributed by atoms with Gasteiger partial charge in [-0.05, 0) is 79.6 Å². The van der Waals surface area contributed by atoms with E-state index in [0.29, 0.717) is 21.4 Å². The first-order valence-electron chi connectivity index (χ1n) is 13.4. The highest BCUT2D eigenvalue weighted by Crippen LogP contribution is 2.25. The number of carboxylic acids is 1. The van der Waals surface area contributed by atoms with Crippen LogP contribution in [0.15, 0.2) is 66.7 Å². The molecule has 0 aliphatic heterocycles. The largest absolute Gasteiger partial charge is 0.573 e. The topological polar surface area (TPSA) is 107 Å². The Balaban J connectivity index is 1.66. The number of hydrogen-bond acceptors (Lipinski definition) is 6. The lowest BCUT2D eigenvalue weighted by Gasteiger charge is -2.29. The van der Waals surface area contributed by atoms with Gasteiger partial charge in [0.05, 0.1) is 13.2 Å². The molecule has 0 saturated carbocycles. The maximum absolute atomic E-state index is 13.3. The molecule has 44 heavy (non-hydrogen) atoms. The average Bonchev–Trinajstić information content (AvgIpc) is 2.94. The van der Waals surface area contributed by atoms with Crippen molar-refractivity contribution >= 4 is 40.9 Å². The molecule has 0 heterocycles. The molecule has 0 saturated heterocycles. The summed E-state index contributed by atoms with van der Waals surface area (Å²) < 4.78 is 58.3. The predicted molar refractivity (Wildman–Crippen MR) is 158 cm³/mol. The summed E-state index contributed by atoms with van der Waals surface area (Å²) in [4.78, 5) is 26.0. The monoisotopic (exact) mass is 658 g/mol. The SMILES string of the molecule is CCOC(Cc1ccc(OCCN(C(=O)Nc2ccc(OC(F)(F)F)cc2)C(C)OCc2cc(Cl)cc(Cl)c2)cc1)C(=O)O. The van der Waals surface area contributed by atoms with Crippen LogP contribution in [0.3, 0.4) is 0 Å². The zero-order valence-corrected chi connectivity index (χ0v) is 25.3. The number of ether oxygens (including phenoxy) is 4. The second-order valence-corrected chi connectivity index (χ2v) is 10.2. The third-order valence-corrected chi connectivity index (χ3v) is 6.48. The van der Waals surface area contributed by atoms with Crippen molar-refractivity contribution in [2.45, 2.75) is 45.6 Å². The second kappa shape index (κ2) is 16.4. The van der Waals surface area contributed by atoms with Gasteiger partial charge in [0.15, 0.2) is 6.10 Å². The van der Waals surface area contributed by atoms with E-state index in [2.05, 4.69) is 10.1 Å². The third-order valence-electron chi connectivity index (χ3n) is 6.04. The van der Waals surface area contributed by atoms with Gasteiger partial charge in [-0.1, -0.05) is 35.3 Å². The van der Waals surface area contributed by atoms with Crippen molar-refractivity contribution in [2.24, 2.45) is 0 Å². The molecule has 0 fully saturated rings. The minimum Gasteiger partial charge on any atom is -0.492 e. The smallest absolute Gasteiger partial charge is 0.492 e. The number of anilines is 1. The molecule has 14 heteroatoms. The normalized spacial score (nSPS) is 12.7. The first-order chi connectivity index (χ1) is 20.8. The summed E-state index contributed by atoms with van der Waals surface area (Å²) in [6, 6.07) is 15.8. The van der Waals surface area contributed by atoms with Crippen molar-refractivity contribution in [3.05, 3.63) is 87.9 Å². The summed E-state index contributed by atoms with van der Waals surface area (Å²) in [7, 11) is 0. The quantitative estimate of drug-likeness (QED) is 0.164. The molecule has 3 aromatic carbocycles. The second-order valence-electron chi connectivity index (χ2n) is 9.36. The van der Waals surface area contributed by atoms with Gasteiger partial charge in [0.25, 0.3) is 0 Å². The van der Waals surface area contributed by atoms with Crippen LogP contribution < -0.4 is 14.8 Å². The molecule has 3 rings (SSSR count). The lowest BCUT2D eigenvalue weighted by Crippen LogP contribution is -2.45. The van der Waals surface area contributed by atoms with E-state index < -0.39 is 36.4 Å². The van der Waals surface area contributed by atoms with Crippen molar-refractivity contribution in [3.8, 4) is 11.5 Å². The zero-order valence-electron chi connectivity index (χ0n) is 23.8. The van der Waals surface area contributed by atoms with E-state index in [1.54, 1.807) is 56.3 Å². The number of carbonyl (C=O) groups is 2. The fraction of sp³-hybridized carbons (Fsp3) is 0.333. The predicted octanol–water partition coefficient (Wildman–Crippen LogP) is 7.40. The van der Waals surface area contributed by atoms with E-state index >= 15 is 0 Å². The molecular weight excluding hydrogens is 628 g/mol. The lowest BCUT2D eigenvalue weighted by molar-refractivity contribution is -0.274. The number of urea groups is 1. The molecule has 0 aliphatic rings. The maximum atomic E-state index is 13.3. The molecule has 9 nitrogen and oxygen atoms in total. The van der Waals surface area contributed by atoms with Crippen LogP contribution >= 0.6 is 23.2 Å². The Bertz CT molecular complexity index is 1360. The first kappa shape index (κ1) is 34.8. The number of aliphatic carboxylic acids is 1. The van der Waals surface area contributed by atoms with Crippen molar-refractivity contribution in [3.63, 3.8) is 0 Å². The summed E-state index contributed by atoms with van der Waals surface area (Å²) in [6.45, 7) is 3.84. The molecule has 2 atom stereocenters. The number of rotatable bonds is 15. The van der Waals surface area contributed by atoms with E-state index in [1.807, 2.05) is 0 Å². The Labute approximate surface area is 262 Å². The van der Waals surface area contributed by atoms with Crippen LogP contribution in [-0.2, 0) is 27.3 Å². The number of amides is 2. The van der Waals surface area contributed by atoms with Crippen molar-refractivity contribution in [1.29, 1.82) is 0 Å². The molecule has 2 unspecified atom stereocenters. The highest BCUT2D eigenvalue weighted by molar-refractivity contribution is 6.34. The fourth-order valence-corrected chi connectivity index (χ4v) is 4.57. The van der Waals surface area contributed by atoms with Crippen LogP contribution in [0.5, 0.6) is 11.5 Å². The van der Waals surface area contributed by atoms with Crippen LogP contribution in [0.2, 0.25) is 10.0 Å². The van der Waals surface area contributed by atoms with Gasteiger partial charge in [-0.2, -0.15) is 0 Å². The Morgan fingerprint density at radius 3 is 2.11 bits per heavy atom. The molecule has 3 aromatic rings. The Morgan fingerprint density at radius 2 is 1.55 bits per heavy atom. The number of carbonyl (C=O) groups excluding carboxylic acids is 1. The molecule has 2 N–H and O–H groups in total. The van der Waals surface area contributed by atoms with Crippen LogP contribution in [0, 0.1) is 0 Å². The fourth-order valence-electron chi connectivity index (χ4n) is 4.00. The summed E-state index contributed by atoms with van der Waals surface area (Å²) in [5, 5.41) is 12.8. The van der Waals surface area contributed by atoms with Crippen molar-refractivity contribution < 1.29 is 46.8 Å². The Morgan fingerprint density at radius 1 is 0.932 bits per heavy atom. The van der Waals surface area contributed by atoms with E-state index in [-0.39, 0.29) is 38.5 Å². The lowest BCUT2D eigenvalue weighted by atomic mass is 10.1. The number of benzene rings is 3. The van der Waals surface area contributed by atoms with Crippen LogP contribution in [0.1, 0.15) is 25.0 Å². The molecule has 0 spiro atoms. The highest BCUT2D eigenvalue weighted by Gasteiger charge is 2.31. The number of carboxylic acid groups (broad SMARTS) is 1. The van der Waals surface area contributed by atoms with Crippen LogP contribution in [0.25, 0.3) is 0 Å².